The average molecular weight is 338 g/mol. The predicted molar refractivity (Wildman–Crippen MR) is 77.7 cm³/mol. The zero-order valence-electron chi connectivity index (χ0n) is 13.5. The predicted octanol–water partition coefficient (Wildman–Crippen LogP) is 4.31. The SMILES string of the molecule is CCCCCCCC[C@H](OC(=O)C(F)(F)F)[C@H]1CCCC(=O)O1. The van der Waals surface area contributed by atoms with Crippen molar-refractivity contribution in [1.29, 1.82) is 0 Å². The van der Waals surface area contributed by atoms with Crippen molar-refractivity contribution in [2.45, 2.75) is 89.5 Å². The second-order valence-corrected chi connectivity index (χ2v) is 5.92. The smallest absolute Gasteiger partial charge is 0.458 e. The highest BCUT2D eigenvalue weighted by Gasteiger charge is 2.44. The fourth-order valence-electron chi connectivity index (χ4n) is 2.65. The Hall–Kier alpha value is -1.27. The fourth-order valence-corrected chi connectivity index (χ4v) is 2.65. The maximum absolute atomic E-state index is 12.4. The third kappa shape index (κ3) is 7.70. The first-order valence-corrected chi connectivity index (χ1v) is 8.32. The minimum absolute atomic E-state index is 0.257. The third-order valence-electron chi connectivity index (χ3n) is 3.90. The van der Waals surface area contributed by atoms with Crippen LogP contribution in [0, 0.1) is 0 Å². The Kier molecular flexibility index (Phi) is 8.41. The van der Waals surface area contributed by atoms with Crippen LogP contribution in [0.4, 0.5) is 13.2 Å². The molecule has 7 heteroatoms. The van der Waals surface area contributed by atoms with Crippen LogP contribution in [0.25, 0.3) is 0 Å². The second-order valence-electron chi connectivity index (χ2n) is 5.92. The van der Waals surface area contributed by atoms with Gasteiger partial charge < -0.3 is 9.47 Å². The Morgan fingerprint density at radius 2 is 1.91 bits per heavy atom. The zero-order valence-corrected chi connectivity index (χ0v) is 13.5. The highest BCUT2D eigenvalue weighted by atomic mass is 19.4. The molecule has 1 aliphatic heterocycles. The van der Waals surface area contributed by atoms with Crippen LogP contribution in [-0.2, 0) is 19.1 Å². The number of esters is 2. The Morgan fingerprint density at radius 3 is 2.52 bits per heavy atom. The fraction of sp³-hybridized carbons (Fsp3) is 0.875. The van der Waals surface area contributed by atoms with Crippen LogP contribution in [0.1, 0.15) is 71.1 Å². The number of carbonyl (C=O) groups excluding carboxylic acids is 2. The van der Waals surface area contributed by atoms with Crippen LogP contribution >= 0.6 is 0 Å². The summed E-state index contributed by atoms with van der Waals surface area (Å²) >= 11 is 0. The van der Waals surface area contributed by atoms with E-state index in [-0.39, 0.29) is 12.8 Å². The summed E-state index contributed by atoms with van der Waals surface area (Å²) in [5, 5.41) is 0. The minimum Gasteiger partial charge on any atom is -0.458 e. The van der Waals surface area contributed by atoms with E-state index in [9.17, 15) is 22.8 Å². The van der Waals surface area contributed by atoms with E-state index in [4.69, 9.17) is 4.74 Å². The third-order valence-corrected chi connectivity index (χ3v) is 3.90. The standard InChI is InChI=1S/C16H25F3O4/c1-2-3-4-5-6-7-9-13(23-15(21)16(17,18)19)12-10-8-11-14(20)22-12/h12-13H,2-11H2,1H3/t12-,13+/m1/s1. The van der Waals surface area contributed by atoms with E-state index in [1.807, 2.05) is 0 Å². The molecular weight excluding hydrogens is 313 g/mol. The molecule has 1 rings (SSSR count). The molecule has 0 amide bonds. The molecule has 0 aliphatic carbocycles. The summed E-state index contributed by atoms with van der Waals surface area (Å²) in [5.41, 5.74) is 0. The van der Waals surface area contributed by atoms with Gasteiger partial charge in [-0.15, -0.1) is 0 Å². The lowest BCUT2D eigenvalue weighted by molar-refractivity contribution is -0.212. The van der Waals surface area contributed by atoms with Crippen molar-refractivity contribution in [2.24, 2.45) is 0 Å². The van der Waals surface area contributed by atoms with Gasteiger partial charge in [0.05, 0.1) is 0 Å². The van der Waals surface area contributed by atoms with Gasteiger partial charge in [-0.1, -0.05) is 39.0 Å². The van der Waals surface area contributed by atoms with Gasteiger partial charge in [0.2, 0.25) is 0 Å². The first-order chi connectivity index (χ1) is 10.8. The highest BCUT2D eigenvalue weighted by molar-refractivity contribution is 5.76. The molecule has 1 fully saturated rings. The van der Waals surface area contributed by atoms with Gasteiger partial charge in [0, 0.05) is 6.42 Å². The van der Waals surface area contributed by atoms with Crippen molar-refractivity contribution >= 4 is 11.9 Å². The molecule has 1 saturated heterocycles. The van der Waals surface area contributed by atoms with E-state index in [0.717, 1.165) is 32.1 Å². The van der Waals surface area contributed by atoms with Crippen molar-refractivity contribution in [3.8, 4) is 0 Å². The van der Waals surface area contributed by atoms with Gasteiger partial charge in [-0.2, -0.15) is 13.2 Å². The van der Waals surface area contributed by atoms with Crippen LogP contribution in [0.5, 0.6) is 0 Å². The van der Waals surface area contributed by atoms with Gasteiger partial charge in [-0.3, -0.25) is 4.79 Å². The molecule has 134 valence electrons. The molecule has 0 bridgehead atoms. The molecular formula is C16H25F3O4. The van der Waals surface area contributed by atoms with Crippen molar-refractivity contribution in [2.75, 3.05) is 0 Å². The van der Waals surface area contributed by atoms with Gasteiger partial charge in [-0.05, 0) is 25.7 Å². The van der Waals surface area contributed by atoms with Crippen molar-refractivity contribution < 1.29 is 32.2 Å². The number of hydrogen-bond acceptors (Lipinski definition) is 4. The van der Waals surface area contributed by atoms with E-state index in [1.165, 1.54) is 0 Å². The number of hydrogen-bond donors (Lipinski definition) is 0. The summed E-state index contributed by atoms with van der Waals surface area (Å²) in [6.45, 7) is 2.10. The zero-order chi connectivity index (χ0) is 17.3. The Labute approximate surface area is 134 Å². The number of carbonyl (C=O) groups is 2. The number of ether oxygens (including phenoxy) is 2. The molecule has 0 spiro atoms. The summed E-state index contributed by atoms with van der Waals surface area (Å²) in [7, 11) is 0. The molecule has 0 aromatic rings. The molecule has 0 aromatic heterocycles. The van der Waals surface area contributed by atoms with E-state index < -0.39 is 30.3 Å². The van der Waals surface area contributed by atoms with Crippen molar-refractivity contribution in [3.05, 3.63) is 0 Å². The molecule has 0 unspecified atom stereocenters. The van der Waals surface area contributed by atoms with Crippen LogP contribution in [0.3, 0.4) is 0 Å². The van der Waals surface area contributed by atoms with E-state index >= 15 is 0 Å². The minimum atomic E-state index is -5.03. The van der Waals surface area contributed by atoms with Crippen LogP contribution < -0.4 is 0 Å². The number of unbranched alkanes of at least 4 members (excludes halogenated alkanes) is 5. The summed E-state index contributed by atoms with van der Waals surface area (Å²) in [6, 6.07) is 0. The summed E-state index contributed by atoms with van der Waals surface area (Å²) < 4.78 is 46.9. The Balaban J connectivity index is 2.50. The maximum atomic E-state index is 12.4. The molecule has 0 N–H and O–H groups in total. The van der Waals surface area contributed by atoms with Gasteiger partial charge in [0.1, 0.15) is 12.2 Å². The summed E-state index contributed by atoms with van der Waals surface area (Å²) in [5.74, 6) is -2.66. The topological polar surface area (TPSA) is 52.6 Å². The average Bonchev–Trinajstić information content (AvgIpc) is 2.48. The largest absolute Gasteiger partial charge is 0.490 e. The number of alkyl halides is 3. The Bertz CT molecular complexity index is 382. The van der Waals surface area contributed by atoms with Gasteiger partial charge >= 0.3 is 18.1 Å². The lowest BCUT2D eigenvalue weighted by Gasteiger charge is -2.30. The molecule has 4 nitrogen and oxygen atoms in total. The monoisotopic (exact) mass is 338 g/mol. The lowest BCUT2D eigenvalue weighted by atomic mass is 9.98. The van der Waals surface area contributed by atoms with Gasteiger partial charge in [0.25, 0.3) is 0 Å². The van der Waals surface area contributed by atoms with Crippen LogP contribution in [0.15, 0.2) is 0 Å². The number of rotatable bonds is 9. The molecule has 1 aliphatic rings. The molecule has 0 saturated carbocycles. The lowest BCUT2D eigenvalue weighted by Crippen LogP contribution is -2.40. The van der Waals surface area contributed by atoms with Crippen molar-refractivity contribution in [3.63, 3.8) is 0 Å². The second kappa shape index (κ2) is 9.78. The maximum Gasteiger partial charge on any atom is 0.490 e. The molecule has 23 heavy (non-hydrogen) atoms. The highest BCUT2D eigenvalue weighted by Crippen LogP contribution is 2.26. The normalized spacial score (nSPS) is 20.0. The van der Waals surface area contributed by atoms with E-state index in [1.54, 1.807) is 0 Å². The number of halogens is 3. The molecule has 1 heterocycles. The van der Waals surface area contributed by atoms with E-state index in [2.05, 4.69) is 11.7 Å². The Morgan fingerprint density at radius 1 is 1.26 bits per heavy atom. The van der Waals surface area contributed by atoms with Crippen molar-refractivity contribution in [1.82, 2.24) is 0 Å². The molecule has 0 aromatic carbocycles. The number of cyclic esters (lactones) is 1. The van der Waals surface area contributed by atoms with Crippen LogP contribution in [0.2, 0.25) is 0 Å². The molecule has 0 radical (unpaired) electrons. The first-order valence-electron chi connectivity index (χ1n) is 8.32. The summed E-state index contributed by atoms with van der Waals surface area (Å²) in [4.78, 5) is 22.4. The van der Waals surface area contributed by atoms with Gasteiger partial charge in [0.15, 0.2) is 0 Å². The van der Waals surface area contributed by atoms with E-state index in [0.29, 0.717) is 19.3 Å². The molecule has 2 atom stereocenters. The summed E-state index contributed by atoms with van der Waals surface area (Å²) in [6.07, 6.45) is 0.539. The first kappa shape index (κ1) is 19.8. The quantitative estimate of drug-likeness (QED) is 0.464. The van der Waals surface area contributed by atoms with Gasteiger partial charge in [-0.25, -0.2) is 4.79 Å². The van der Waals surface area contributed by atoms with Crippen LogP contribution in [-0.4, -0.2) is 30.3 Å².